The number of benzene rings is 1. The van der Waals surface area contributed by atoms with Gasteiger partial charge in [-0.15, -0.1) is 0 Å². The van der Waals surface area contributed by atoms with E-state index in [0.29, 0.717) is 5.69 Å². The van der Waals surface area contributed by atoms with Crippen molar-refractivity contribution >= 4 is 41.3 Å². The summed E-state index contributed by atoms with van der Waals surface area (Å²) in [4.78, 5) is 60.9. The highest BCUT2D eigenvalue weighted by Crippen LogP contribution is 2.28. The third-order valence-corrected chi connectivity index (χ3v) is 4.25. The number of amides is 2. The van der Waals surface area contributed by atoms with Crippen molar-refractivity contribution in [1.82, 2.24) is 0 Å². The fourth-order valence-corrected chi connectivity index (χ4v) is 2.98. The number of anilines is 2. The lowest BCUT2D eigenvalue weighted by atomic mass is 10.1. The van der Waals surface area contributed by atoms with Crippen LogP contribution in [0.3, 0.4) is 0 Å². The molecule has 0 saturated carbocycles. The molecule has 0 bridgehead atoms. The molecule has 1 aromatic heterocycles. The zero-order valence-corrected chi connectivity index (χ0v) is 20.4. The summed E-state index contributed by atoms with van der Waals surface area (Å²) in [5.41, 5.74) is -0.549. The Hall–Kier alpha value is -4.15. The lowest BCUT2D eigenvalue weighted by molar-refractivity contribution is -0.119. The van der Waals surface area contributed by atoms with Crippen LogP contribution in [0.2, 0.25) is 0 Å². The van der Waals surface area contributed by atoms with Gasteiger partial charge < -0.3 is 18.6 Å². The maximum Gasteiger partial charge on any atom is 0.412 e. The van der Waals surface area contributed by atoms with E-state index < -0.39 is 41.9 Å². The van der Waals surface area contributed by atoms with Crippen LogP contribution in [0.25, 0.3) is 0 Å². The summed E-state index contributed by atoms with van der Waals surface area (Å²) >= 11 is 0. The first-order valence-electron chi connectivity index (χ1n) is 10.7. The average molecular weight is 488 g/mol. The molecule has 0 aliphatic heterocycles. The van der Waals surface area contributed by atoms with Crippen molar-refractivity contribution < 1.29 is 42.6 Å². The van der Waals surface area contributed by atoms with Gasteiger partial charge in [0.2, 0.25) is 5.88 Å². The molecule has 1 aromatic carbocycles. The first kappa shape index (κ1) is 27.1. The highest BCUT2D eigenvalue weighted by Gasteiger charge is 2.29. The molecule has 188 valence electrons. The molecule has 0 spiro atoms. The Morgan fingerprint density at radius 1 is 0.971 bits per heavy atom. The molecule has 11 nitrogen and oxygen atoms in total. The predicted octanol–water partition coefficient (Wildman–Crippen LogP) is 4.11. The van der Waals surface area contributed by atoms with E-state index in [4.69, 9.17) is 18.6 Å². The molecule has 0 fully saturated rings. The van der Waals surface area contributed by atoms with Crippen LogP contribution < -0.4 is 10.6 Å². The van der Waals surface area contributed by atoms with E-state index in [1.54, 1.807) is 33.8 Å². The second-order valence-electron chi connectivity index (χ2n) is 8.35. The summed E-state index contributed by atoms with van der Waals surface area (Å²) in [7, 11) is 0. The Bertz CT molecular complexity index is 1140. The van der Waals surface area contributed by atoms with E-state index in [-0.39, 0.29) is 34.9 Å². The van der Waals surface area contributed by atoms with Crippen LogP contribution in [0.5, 0.6) is 0 Å². The third kappa shape index (κ3) is 7.70. The predicted molar refractivity (Wildman–Crippen MR) is 125 cm³/mol. The normalized spacial score (nSPS) is 10.8. The van der Waals surface area contributed by atoms with Crippen molar-refractivity contribution in [3.63, 3.8) is 0 Å². The number of rotatable bonds is 8. The van der Waals surface area contributed by atoms with Crippen LogP contribution in [0.1, 0.15) is 71.5 Å². The Morgan fingerprint density at radius 2 is 1.66 bits per heavy atom. The van der Waals surface area contributed by atoms with Gasteiger partial charge in [0.25, 0.3) is 5.91 Å². The number of hydrogen-bond donors (Lipinski definition) is 2. The largest absolute Gasteiger partial charge is 0.462 e. The van der Waals surface area contributed by atoms with E-state index in [0.717, 1.165) is 0 Å². The molecule has 2 amide bonds. The van der Waals surface area contributed by atoms with E-state index in [1.807, 2.05) is 0 Å². The fraction of sp³-hybridized carbons (Fsp3) is 0.375. The Labute approximate surface area is 202 Å². The van der Waals surface area contributed by atoms with Crippen LogP contribution in [0, 0.1) is 6.92 Å². The quantitative estimate of drug-likeness (QED) is 0.318. The molecular formula is C24H28N2O9. The second-order valence-corrected chi connectivity index (χ2v) is 8.35. The maximum absolute atomic E-state index is 12.4. The molecular weight excluding hydrogens is 460 g/mol. The molecule has 0 radical (unpaired) electrons. The highest BCUT2D eigenvalue weighted by atomic mass is 16.6. The number of furan rings is 1. The van der Waals surface area contributed by atoms with Crippen molar-refractivity contribution in [2.45, 2.75) is 47.1 Å². The van der Waals surface area contributed by atoms with Gasteiger partial charge in [-0.1, -0.05) is 6.07 Å². The highest BCUT2D eigenvalue weighted by molar-refractivity contribution is 6.11. The van der Waals surface area contributed by atoms with Gasteiger partial charge >= 0.3 is 18.0 Å². The van der Waals surface area contributed by atoms with Gasteiger partial charge in [-0.25, -0.2) is 14.4 Å². The lowest BCUT2D eigenvalue weighted by Gasteiger charge is -2.19. The van der Waals surface area contributed by atoms with Crippen LogP contribution in [0.15, 0.2) is 28.7 Å². The van der Waals surface area contributed by atoms with E-state index in [2.05, 4.69) is 10.6 Å². The van der Waals surface area contributed by atoms with Gasteiger partial charge in [-0.3, -0.25) is 20.2 Å². The van der Waals surface area contributed by atoms with Crippen molar-refractivity contribution in [1.29, 1.82) is 0 Å². The number of aryl methyl sites for hydroxylation is 1. The Kier molecular flexibility index (Phi) is 8.76. The number of carbonyl (C=O) groups is 5. The smallest absolute Gasteiger partial charge is 0.412 e. The van der Waals surface area contributed by atoms with Crippen molar-refractivity contribution in [3.8, 4) is 0 Å². The number of hydrogen-bond acceptors (Lipinski definition) is 9. The van der Waals surface area contributed by atoms with Gasteiger partial charge in [0.05, 0.1) is 17.7 Å². The standard InChI is InChI=1S/C24H28N2O9/c1-7-32-22(30)19-18(13(2)27)14(3)34-20(19)26-17(28)12-33-21(29)15-9-8-10-16(11-15)25-23(31)35-24(4,5)6/h8-11H,7,12H2,1-6H3,(H,25,31)(H,26,28). The van der Waals surface area contributed by atoms with Gasteiger partial charge in [-0.05, 0) is 59.7 Å². The van der Waals surface area contributed by atoms with Crippen LogP contribution in [-0.2, 0) is 19.0 Å². The summed E-state index contributed by atoms with van der Waals surface area (Å²) in [6.45, 7) is 8.79. The number of carbonyl (C=O) groups excluding carboxylic acids is 5. The summed E-state index contributed by atoms with van der Waals surface area (Å²) in [5, 5.41) is 4.83. The van der Waals surface area contributed by atoms with Crippen LogP contribution >= 0.6 is 0 Å². The zero-order valence-electron chi connectivity index (χ0n) is 20.4. The first-order valence-corrected chi connectivity index (χ1v) is 10.7. The third-order valence-electron chi connectivity index (χ3n) is 4.25. The number of ketones is 1. The fourth-order valence-electron chi connectivity index (χ4n) is 2.98. The topological polar surface area (TPSA) is 150 Å². The molecule has 2 aromatic rings. The molecule has 2 N–H and O–H groups in total. The molecule has 0 unspecified atom stereocenters. The van der Waals surface area contributed by atoms with E-state index in [9.17, 15) is 24.0 Å². The molecule has 2 rings (SSSR count). The summed E-state index contributed by atoms with van der Waals surface area (Å²) in [6, 6.07) is 5.87. The molecule has 0 aliphatic rings. The minimum Gasteiger partial charge on any atom is -0.462 e. The van der Waals surface area contributed by atoms with Crippen molar-refractivity contribution in [2.24, 2.45) is 0 Å². The van der Waals surface area contributed by atoms with Crippen molar-refractivity contribution in [3.05, 3.63) is 46.7 Å². The minimum atomic E-state index is -0.837. The van der Waals surface area contributed by atoms with Gasteiger partial charge in [0, 0.05) is 5.69 Å². The molecule has 1 heterocycles. The monoisotopic (exact) mass is 488 g/mol. The van der Waals surface area contributed by atoms with Gasteiger partial charge in [0.1, 0.15) is 16.9 Å². The molecule has 0 saturated heterocycles. The molecule has 0 atom stereocenters. The number of Topliss-reactive ketones (excluding diaryl/α,β-unsaturated/α-hetero) is 1. The number of esters is 2. The summed E-state index contributed by atoms with van der Waals surface area (Å²) in [6.07, 6.45) is -0.696. The molecule has 0 aliphatic carbocycles. The first-order chi connectivity index (χ1) is 16.3. The second kappa shape index (κ2) is 11.3. The molecule has 35 heavy (non-hydrogen) atoms. The SMILES string of the molecule is CCOC(=O)c1c(NC(=O)COC(=O)c2cccc(NC(=O)OC(C)(C)C)c2)oc(C)c1C(C)=O. The van der Waals surface area contributed by atoms with E-state index >= 15 is 0 Å². The van der Waals surface area contributed by atoms with Crippen LogP contribution in [-0.4, -0.2) is 48.5 Å². The summed E-state index contributed by atoms with van der Waals surface area (Å²) in [5.74, 6) is -3.08. The number of ether oxygens (including phenoxy) is 3. The van der Waals surface area contributed by atoms with Crippen molar-refractivity contribution in [2.75, 3.05) is 23.8 Å². The van der Waals surface area contributed by atoms with Crippen LogP contribution in [0.4, 0.5) is 16.4 Å². The average Bonchev–Trinajstić information content (AvgIpc) is 3.06. The van der Waals surface area contributed by atoms with Gasteiger partial charge in [-0.2, -0.15) is 0 Å². The summed E-state index contributed by atoms with van der Waals surface area (Å²) < 4.78 is 20.5. The Morgan fingerprint density at radius 3 is 2.26 bits per heavy atom. The Balaban J connectivity index is 2.06. The zero-order chi connectivity index (χ0) is 26.3. The van der Waals surface area contributed by atoms with E-state index in [1.165, 1.54) is 32.0 Å². The maximum atomic E-state index is 12.4. The molecule has 11 heteroatoms. The lowest BCUT2D eigenvalue weighted by Crippen LogP contribution is -2.27. The van der Waals surface area contributed by atoms with Gasteiger partial charge in [0.15, 0.2) is 12.4 Å². The minimum absolute atomic E-state index is 0.00922. The number of nitrogens with one attached hydrogen (secondary N) is 2.